The van der Waals surface area contributed by atoms with Crippen LogP contribution in [0.5, 0.6) is 5.88 Å². The number of nitrogens with zero attached hydrogens (tertiary/aromatic N) is 6. The van der Waals surface area contributed by atoms with Gasteiger partial charge in [-0.2, -0.15) is 5.10 Å². The quantitative estimate of drug-likeness (QED) is 0.346. The predicted octanol–water partition coefficient (Wildman–Crippen LogP) is 3.51. The van der Waals surface area contributed by atoms with E-state index in [0.717, 1.165) is 23.5 Å². The summed E-state index contributed by atoms with van der Waals surface area (Å²) in [6, 6.07) is 1.68. The highest BCUT2D eigenvalue weighted by molar-refractivity contribution is 7.21. The van der Waals surface area contributed by atoms with Crippen molar-refractivity contribution in [3.05, 3.63) is 47.7 Å². The minimum atomic E-state index is -0.321. The normalized spacial score (nSPS) is 16.5. The van der Waals surface area contributed by atoms with Crippen molar-refractivity contribution >= 4 is 33.7 Å². The van der Waals surface area contributed by atoms with Gasteiger partial charge in [-0.3, -0.25) is 24.2 Å². The number of aromatic nitrogens is 5. The third kappa shape index (κ3) is 4.67. The number of fused-ring (bicyclic) bond motifs is 1. The minimum absolute atomic E-state index is 0.193. The molecule has 1 spiro atoms. The molecule has 6 rings (SSSR count). The lowest BCUT2D eigenvalue weighted by atomic mass is 9.75. The van der Waals surface area contributed by atoms with Crippen LogP contribution >= 0.6 is 11.3 Å². The Bertz CT molecular complexity index is 1550. The van der Waals surface area contributed by atoms with E-state index in [9.17, 15) is 9.59 Å². The van der Waals surface area contributed by atoms with Gasteiger partial charge >= 0.3 is 0 Å². The molecular formula is C27H32N8O3S. The molecule has 1 saturated heterocycles. The molecule has 4 aromatic heterocycles. The highest BCUT2D eigenvalue weighted by Crippen LogP contribution is 2.45. The summed E-state index contributed by atoms with van der Waals surface area (Å²) in [7, 11) is 3.40. The van der Waals surface area contributed by atoms with Crippen molar-refractivity contribution in [3.8, 4) is 16.3 Å². The molecule has 2 aliphatic rings. The standard InChI is InChI=1S/C27H32N8O3S/c1-17-21(12-18(13-29-17)23(36)28-9-11-34-10-5-8-27(34)6-4-7-27)31-24(37)19-14-30-35-16-22(39-26(19)35)20-15-33(2)32-25(20)38-3/h12-16H,4-11H2,1-3H3,(H,28,36)(H,31,37). The number of pyridine rings is 1. The summed E-state index contributed by atoms with van der Waals surface area (Å²) in [5.74, 6) is -0.00676. The van der Waals surface area contributed by atoms with Crippen LogP contribution in [0, 0.1) is 6.92 Å². The molecule has 0 radical (unpaired) electrons. The maximum absolute atomic E-state index is 13.3. The van der Waals surface area contributed by atoms with Gasteiger partial charge in [0, 0.05) is 44.3 Å². The van der Waals surface area contributed by atoms with Crippen LogP contribution in [0.25, 0.3) is 15.3 Å². The number of likely N-dealkylation sites (tertiary alicyclic amines) is 1. The lowest BCUT2D eigenvalue weighted by Gasteiger charge is -2.46. The van der Waals surface area contributed by atoms with Gasteiger partial charge in [-0.15, -0.1) is 16.4 Å². The Hall–Kier alpha value is -3.77. The van der Waals surface area contributed by atoms with Crippen molar-refractivity contribution < 1.29 is 14.3 Å². The molecule has 11 nitrogen and oxygen atoms in total. The van der Waals surface area contributed by atoms with Crippen molar-refractivity contribution in [1.29, 1.82) is 0 Å². The molecule has 204 valence electrons. The third-order valence-corrected chi connectivity index (χ3v) is 9.13. The second-order valence-electron chi connectivity index (χ2n) is 10.4. The Balaban J connectivity index is 1.14. The summed E-state index contributed by atoms with van der Waals surface area (Å²) in [6.07, 6.45) is 13.2. The Kier molecular flexibility index (Phi) is 6.59. The van der Waals surface area contributed by atoms with E-state index >= 15 is 0 Å². The topological polar surface area (TPSA) is 119 Å². The number of ether oxygens (including phenoxy) is 1. The van der Waals surface area contributed by atoms with Crippen LogP contribution in [0.3, 0.4) is 0 Å². The first-order valence-electron chi connectivity index (χ1n) is 13.2. The van der Waals surface area contributed by atoms with E-state index in [1.54, 1.807) is 35.5 Å². The molecule has 1 saturated carbocycles. The molecule has 12 heteroatoms. The van der Waals surface area contributed by atoms with Crippen LogP contribution in [0.1, 0.15) is 58.5 Å². The van der Waals surface area contributed by atoms with Gasteiger partial charge in [0.2, 0.25) is 5.88 Å². The van der Waals surface area contributed by atoms with Crippen molar-refractivity contribution in [2.24, 2.45) is 7.05 Å². The highest BCUT2D eigenvalue weighted by atomic mass is 32.1. The number of amides is 2. The van der Waals surface area contributed by atoms with Gasteiger partial charge in [0.1, 0.15) is 4.83 Å². The second-order valence-corrected chi connectivity index (χ2v) is 11.4. The molecule has 2 amide bonds. The fourth-order valence-corrected chi connectivity index (χ4v) is 6.79. The number of carbonyl (C=O) groups excluding carboxylic acids is 2. The van der Waals surface area contributed by atoms with Crippen molar-refractivity contribution in [3.63, 3.8) is 0 Å². The molecule has 0 atom stereocenters. The van der Waals surface area contributed by atoms with E-state index in [-0.39, 0.29) is 11.8 Å². The van der Waals surface area contributed by atoms with E-state index in [0.29, 0.717) is 45.3 Å². The van der Waals surface area contributed by atoms with Crippen LogP contribution in [-0.2, 0) is 7.05 Å². The zero-order chi connectivity index (χ0) is 27.1. The zero-order valence-corrected chi connectivity index (χ0v) is 23.2. The van der Waals surface area contributed by atoms with Gasteiger partial charge < -0.3 is 15.4 Å². The van der Waals surface area contributed by atoms with Gasteiger partial charge in [-0.05, 0) is 51.6 Å². The highest BCUT2D eigenvalue weighted by Gasteiger charge is 2.44. The van der Waals surface area contributed by atoms with Crippen LogP contribution < -0.4 is 15.4 Å². The Labute approximate surface area is 230 Å². The second kappa shape index (κ2) is 10.1. The molecule has 1 aliphatic carbocycles. The molecule has 5 heterocycles. The van der Waals surface area contributed by atoms with Gasteiger partial charge in [-0.25, -0.2) is 4.52 Å². The Morgan fingerprint density at radius 2 is 1.97 bits per heavy atom. The zero-order valence-electron chi connectivity index (χ0n) is 22.4. The largest absolute Gasteiger partial charge is 0.479 e. The summed E-state index contributed by atoms with van der Waals surface area (Å²) < 4.78 is 8.74. The van der Waals surface area contributed by atoms with Crippen molar-refractivity contribution in [2.75, 3.05) is 32.1 Å². The summed E-state index contributed by atoms with van der Waals surface area (Å²) in [5.41, 5.74) is 3.18. The number of methoxy groups -OCH3 is 1. The molecule has 39 heavy (non-hydrogen) atoms. The van der Waals surface area contributed by atoms with Crippen LogP contribution in [0.2, 0.25) is 0 Å². The van der Waals surface area contributed by atoms with Crippen molar-refractivity contribution in [1.82, 2.24) is 34.6 Å². The average Bonchev–Trinajstić information content (AvgIpc) is 3.66. The number of carbonyl (C=O) groups is 2. The molecule has 0 aromatic carbocycles. The van der Waals surface area contributed by atoms with Crippen LogP contribution in [0.4, 0.5) is 5.69 Å². The predicted molar refractivity (Wildman–Crippen MR) is 148 cm³/mol. The fraction of sp³-hybridized carbons (Fsp3) is 0.444. The number of hydrogen-bond donors (Lipinski definition) is 2. The van der Waals surface area contributed by atoms with Crippen molar-refractivity contribution in [2.45, 2.75) is 44.6 Å². The molecule has 2 N–H and O–H groups in total. The molecular weight excluding hydrogens is 516 g/mol. The summed E-state index contributed by atoms with van der Waals surface area (Å²) in [4.78, 5) is 34.7. The third-order valence-electron chi connectivity index (χ3n) is 7.98. The number of nitrogens with one attached hydrogen (secondary N) is 2. The minimum Gasteiger partial charge on any atom is -0.479 e. The summed E-state index contributed by atoms with van der Waals surface area (Å²) in [5, 5.41) is 14.6. The first-order valence-corrected chi connectivity index (χ1v) is 14.0. The maximum Gasteiger partial charge on any atom is 0.260 e. The van der Waals surface area contributed by atoms with E-state index in [1.807, 2.05) is 19.4 Å². The first kappa shape index (κ1) is 25.5. The Morgan fingerprint density at radius 1 is 1.15 bits per heavy atom. The number of thiazole rings is 1. The molecule has 4 aromatic rings. The van der Waals surface area contributed by atoms with Crippen LogP contribution in [-0.4, -0.2) is 73.4 Å². The van der Waals surface area contributed by atoms with Gasteiger partial charge in [0.15, 0.2) is 0 Å². The smallest absolute Gasteiger partial charge is 0.260 e. The fourth-order valence-electron chi connectivity index (χ4n) is 5.73. The number of hydrogen-bond acceptors (Lipinski definition) is 8. The summed E-state index contributed by atoms with van der Waals surface area (Å²) >= 11 is 1.43. The van der Waals surface area contributed by atoms with E-state index in [1.165, 1.54) is 49.6 Å². The maximum atomic E-state index is 13.3. The molecule has 1 aliphatic heterocycles. The molecule has 0 unspecified atom stereocenters. The molecule has 0 bridgehead atoms. The van der Waals surface area contributed by atoms with Gasteiger partial charge in [0.05, 0.1) is 46.3 Å². The average molecular weight is 549 g/mol. The monoisotopic (exact) mass is 548 g/mol. The number of anilines is 1. The van der Waals surface area contributed by atoms with E-state index in [4.69, 9.17) is 4.74 Å². The van der Waals surface area contributed by atoms with Gasteiger partial charge in [-0.1, -0.05) is 0 Å². The van der Waals surface area contributed by atoms with Gasteiger partial charge in [0.25, 0.3) is 11.8 Å². The van der Waals surface area contributed by atoms with Crippen LogP contribution in [0.15, 0.2) is 30.9 Å². The Morgan fingerprint density at radius 3 is 2.74 bits per heavy atom. The number of aryl methyl sites for hydroxylation is 2. The first-order chi connectivity index (χ1) is 18.9. The lowest BCUT2D eigenvalue weighted by Crippen LogP contribution is -2.51. The SMILES string of the molecule is COc1nn(C)cc1-c1cn2ncc(C(=O)Nc3cc(C(=O)NCCN4CCCC45CCC5)cnc3C)c2s1. The van der Waals surface area contributed by atoms with E-state index < -0.39 is 0 Å². The number of rotatable bonds is 8. The lowest BCUT2D eigenvalue weighted by molar-refractivity contribution is 0.0561. The summed E-state index contributed by atoms with van der Waals surface area (Å²) in [6.45, 7) is 4.36. The van der Waals surface area contributed by atoms with E-state index in [2.05, 4.69) is 30.7 Å². The molecule has 2 fully saturated rings.